The number of aryl methyl sites for hydroxylation is 1. The van der Waals surface area contributed by atoms with Crippen molar-refractivity contribution in [3.8, 4) is 17.0 Å². The number of nitrogens with two attached hydrogens (primary N) is 1. The van der Waals surface area contributed by atoms with Crippen LogP contribution < -0.4 is 10.5 Å². The molecule has 4 heteroatoms. The number of imidazole rings is 1. The molecule has 4 rings (SSSR count). The molecule has 1 aromatic carbocycles. The summed E-state index contributed by atoms with van der Waals surface area (Å²) in [6.07, 6.45) is 4.36. The number of nitrogen functional groups attached to an aromatic ring is 1. The van der Waals surface area contributed by atoms with Crippen LogP contribution in [-0.4, -0.2) is 16.2 Å². The van der Waals surface area contributed by atoms with Crippen molar-refractivity contribution in [1.82, 2.24) is 9.55 Å². The summed E-state index contributed by atoms with van der Waals surface area (Å²) >= 11 is 0. The standard InChI is InChI=1S/C16H19N3O/c1-2-14-18-15(16(17)19(14)12-4-5-12)11-3-6-13-10(9-11)7-8-20-13/h3,6,9,12H,2,4-5,7-8,17H2,1H3. The maximum Gasteiger partial charge on any atom is 0.131 e. The molecule has 2 aromatic rings. The Morgan fingerprint density at radius 1 is 1.40 bits per heavy atom. The number of ether oxygens (including phenoxy) is 1. The Labute approximate surface area is 118 Å². The van der Waals surface area contributed by atoms with Crippen LogP contribution in [0.4, 0.5) is 5.82 Å². The molecular weight excluding hydrogens is 250 g/mol. The van der Waals surface area contributed by atoms with Gasteiger partial charge in [-0.1, -0.05) is 6.92 Å². The zero-order valence-electron chi connectivity index (χ0n) is 11.7. The van der Waals surface area contributed by atoms with E-state index < -0.39 is 0 Å². The third kappa shape index (κ3) is 1.71. The molecule has 0 bridgehead atoms. The molecule has 2 aliphatic rings. The number of anilines is 1. The Morgan fingerprint density at radius 2 is 2.25 bits per heavy atom. The Bertz CT molecular complexity index is 671. The molecule has 0 radical (unpaired) electrons. The lowest BCUT2D eigenvalue weighted by Crippen LogP contribution is -2.04. The van der Waals surface area contributed by atoms with Gasteiger partial charge in [0.2, 0.25) is 0 Å². The quantitative estimate of drug-likeness (QED) is 0.932. The molecule has 1 saturated carbocycles. The summed E-state index contributed by atoms with van der Waals surface area (Å²) in [5, 5.41) is 0. The Balaban J connectivity index is 1.82. The van der Waals surface area contributed by atoms with Crippen molar-refractivity contribution in [3.05, 3.63) is 29.6 Å². The average Bonchev–Trinajstić information content (AvgIpc) is 3.08. The van der Waals surface area contributed by atoms with Crippen LogP contribution in [0.2, 0.25) is 0 Å². The molecule has 2 heterocycles. The van der Waals surface area contributed by atoms with Gasteiger partial charge in [-0.3, -0.25) is 0 Å². The van der Waals surface area contributed by atoms with Crippen LogP contribution in [0.25, 0.3) is 11.3 Å². The number of hydrogen-bond acceptors (Lipinski definition) is 3. The molecule has 0 saturated heterocycles. The zero-order chi connectivity index (χ0) is 13.7. The SMILES string of the molecule is CCc1nc(-c2ccc3c(c2)CCO3)c(N)n1C1CC1. The molecule has 104 valence electrons. The highest BCUT2D eigenvalue weighted by molar-refractivity contribution is 5.73. The maximum absolute atomic E-state index is 6.37. The molecule has 1 aliphatic carbocycles. The lowest BCUT2D eigenvalue weighted by atomic mass is 10.1. The van der Waals surface area contributed by atoms with E-state index in [4.69, 9.17) is 15.5 Å². The first-order valence-corrected chi connectivity index (χ1v) is 7.40. The van der Waals surface area contributed by atoms with E-state index in [-0.39, 0.29) is 0 Å². The molecule has 0 spiro atoms. The van der Waals surface area contributed by atoms with Crippen LogP contribution in [0.15, 0.2) is 18.2 Å². The van der Waals surface area contributed by atoms with Crippen molar-refractivity contribution in [2.24, 2.45) is 0 Å². The normalized spacial score (nSPS) is 17.1. The average molecular weight is 269 g/mol. The van der Waals surface area contributed by atoms with E-state index in [2.05, 4.69) is 23.6 Å². The summed E-state index contributed by atoms with van der Waals surface area (Å²) < 4.78 is 7.80. The molecule has 0 unspecified atom stereocenters. The van der Waals surface area contributed by atoms with E-state index in [1.807, 2.05) is 6.07 Å². The topological polar surface area (TPSA) is 53.1 Å². The van der Waals surface area contributed by atoms with Gasteiger partial charge < -0.3 is 15.0 Å². The van der Waals surface area contributed by atoms with Crippen molar-refractivity contribution in [3.63, 3.8) is 0 Å². The van der Waals surface area contributed by atoms with Crippen molar-refractivity contribution >= 4 is 5.82 Å². The van der Waals surface area contributed by atoms with Gasteiger partial charge in [-0.25, -0.2) is 4.98 Å². The summed E-state index contributed by atoms with van der Waals surface area (Å²) in [5.41, 5.74) is 9.68. The monoisotopic (exact) mass is 269 g/mol. The van der Waals surface area contributed by atoms with E-state index in [0.717, 1.165) is 48.1 Å². The second-order valence-corrected chi connectivity index (χ2v) is 5.64. The van der Waals surface area contributed by atoms with Crippen LogP contribution in [0.1, 0.15) is 37.2 Å². The zero-order valence-corrected chi connectivity index (χ0v) is 11.7. The Hall–Kier alpha value is -1.97. The van der Waals surface area contributed by atoms with Crippen molar-refractivity contribution < 1.29 is 4.74 Å². The van der Waals surface area contributed by atoms with Gasteiger partial charge in [0.25, 0.3) is 0 Å². The first-order chi connectivity index (χ1) is 9.78. The van der Waals surface area contributed by atoms with Gasteiger partial charge in [0.05, 0.1) is 6.61 Å². The third-order valence-electron chi connectivity index (χ3n) is 4.21. The number of benzene rings is 1. The van der Waals surface area contributed by atoms with Crippen LogP contribution in [0.5, 0.6) is 5.75 Å². The summed E-state index contributed by atoms with van der Waals surface area (Å²) in [6.45, 7) is 2.92. The minimum atomic E-state index is 0.573. The van der Waals surface area contributed by atoms with Gasteiger partial charge in [0.1, 0.15) is 23.1 Å². The summed E-state index contributed by atoms with van der Waals surface area (Å²) in [7, 11) is 0. The maximum atomic E-state index is 6.37. The van der Waals surface area contributed by atoms with E-state index >= 15 is 0 Å². The number of fused-ring (bicyclic) bond motifs is 1. The predicted molar refractivity (Wildman–Crippen MR) is 78.9 cm³/mol. The van der Waals surface area contributed by atoms with Crippen molar-refractivity contribution in [2.45, 2.75) is 38.6 Å². The summed E-state index contributed by atoms with van der Waals surface area (Å²) in [5.74, 6) is 2.93. The molecule has 4 nitrogen and oxygen atoms in total. The van der Waals surface area contributed by atoms with E-state index in [1.165, 1.54) is 18.4 Å². The van der Waals surface area contributed by atoms with E-state index in [9.17, 15) is 0 Å². The van der Waals surface area contributed by atoms with Gasteiger partial charge in [0, 0.05) is 24.4 Å². The molecular formula is C16H19N3O. The first kappa shape index (κ1) is 11.8. The largest absolute Gasteiger partial charge is 0.493 e. The number of rotatable bonds is 3. The number of hydrogen-bond donors (Lipinski definition) is 1. The van der Waals surface area contributed by atoms with Crippen LogP contribution in [0.3, 0.4) is 0 Å². The Morgan fingerprint density at radius 3 is 3.00 bits per heavy atom. The number of nitrogens with zero attached hydrogens (tertiary/aromatic N) is 2. The van der Waals surface area contributed by atoms with Crippen molar-refractivity contribution in [1.29, 1.82) is 0 Å². The lowest BCUT2D eigenvalue weighted by Gasteiger charge is -2.07. The van der Waals surface area contributed by atoms with Gasteiger partial charge in [-0.2, -0.15) is 0 Å². The Kier molecular flexibility index (Phi) is 2.52. The molecule has 1 aromatic heterocycles. The molecule has 1 aliphatic heterocycles. The summed E-state index contributed by atoms with van der Waals surface area (Å²) in [4.78, 5) is 4.78. The van der Waals surface area contributed by atoms with Gasteiger partial charge in [-0.15, -0.1) is 0 Å². The predicted octanol–water partition coefficient (Wildman–Crippen LogP) is 2.96. The third-order valence-corrected chi connectivity index (χ3v) is 4.21. The highest BCUT2D eigenvalue weighted by Crippen LogP contribution is 2.41. The minimum absolute atomic E-state index is 0.573. The number of aromatic nitrogens is 2. The second-order valence-electron chi connectivity index (χ2n) is 5.64. The van der Waals surface area contributed by atoms with Crippen LogP contribution in [-0.2, 0) is 12.8 Å². The smallest absolute Gasteiger partial charge is 0.131 e. The second kappa shape index (κ2) is 4.27. The molecule has 0 amide bonds. The van der Waals surface area contributed by atoms with E-state index in [0.29, 0.717) is 6.04 Å². The van der Waals surface area contributed by atoms with Crippen LogP contribution in [0, 0.1) is 0 Å². The van der Waals surface area contributed by atoms with Crippen LogP contribution >= 0.6 is 0 Å². The van der Waals surface area contributed by atoms with Gasteiger partial charge >= 0.3 is 0 Å². The molecule has 0 atom stereocenters. The highest BCUT2D eigenvalue weighted by atomic mass is 16.5. The van der Waals surface area contributed by atoms with Gasteiger partial charge in [-0.05, 0) is 36.6 Å². The first-order valence-electron chi connectivity index (χ1n) is 7.40. The fourth-order valence-corrected chi connectivity index (χ4v) is 3.03. The molecule has 2 N–H and O–H groups in total. The van der Waals surface area contributed by atoms with E-state index in [1.54, 1.807) is 0 Å². The molecule has 20 heavy (non-hydrogen) atoms. The fourth-order valence-electron chi connectivity index (χ4n) is 3.03. The van der Waals surface area contributed by atoms with Crippen molar-refractivity contribution in [2.75, 3.05) is 12.3 Å². The van der Waals surface area contributed by atoms with Gasteiger partial charge in [0.15, 0.2) is 0 Å². The summed E-state index contributed by atoms with van der Waals surface area (Å²) in [6, 6.07) is 6.86. The highest BCUT2D eigenvalue weighted by Gasteiger charge is 2.29. The molecule has 1 fully saturated rings. The minimum Gasteiger partial charge on any atom is -0.493 e. The lowest BCUT2D eigenvalue weighted by molar-refractivity contribution is 0.357. The fraction of sp³-hybridized carbons (Fsp3) is 0.438.